The van der Waals surface area contributed by atoms with Crippen LogP contribution in [0.25, 0.3) is 0 Å². The van der Waals surface area contributed by atoms with Crippen LogP contribution < -0.4 is 5.73 Å². The Kier molecular flexibility index (Phi) is 5.95. The Bertz CT molecular complexity index is 756. The third-order valence-electron chi connectivity index (χ3n) is 2.56. The smallest absolute Gasteiger partial charge is 0.324 e. The number of nitrogens with zero attached hydrogens (tertiary/aromatic N) is 3. The summed E-state index contributed by atoms with van der Waals surface area (Å²) in [6.07, 6.45) is 0. The minimum atomic E-state index is -1.21. The zero-order valence-corrected chi connectivity index (χ0v) is 12.4. The second-order valence-corrected chi connectivity index (χ2v) is 4.53. The third-order valence-corrected chi connectivity index (χ3v) is 2.91. The largest absolute Gasteiger partial charge is 0.497 e. The number of hydrogen-bond acceptors (Lipinski definition) is 8. The van der Waals surface area contributed by atoms with Gasteiger partial charge in [-0.2, -0.15) is 0 Å². The fraction of sp³-hybridized carbons (Fsp3) is 0. The van der Waals surface area contributed by atoms with Gasteiger partial charge in [-0.1, -0.05) is 23.7 Å². The molecule has 3 N–H and O–H groups in total. The van der Waals surface area contributed by atoms with E-state index in [1.807, 2.05) is 12.1 Å². The van der Waals surface area contributed by atoms with Crippen LogP contribution in [0.15, 0.2) is 36.4 Å². The van der Waals surface area contributed by atoms with Gasteiger partial charge in [0.1, 0.15) is 0 Å². The van der Waals surface area contributed by atoms with Crippen LogP contribution in [0.4, 0.5) is 22.7 Å². The number of aromatic hydroxyl groups is 1. The van der Waals surface area contributed by atoms with Crippen molar-refractivity contribution >= 4 is 34.4 Å². The van der Waals surface area contributed by atoms with Crippen LogP contribution in [0.2, 0.25) is 5.02 Å². The summed E-state index contributed by atoms with van der Waals surface area (Å²) in [4.78, 5) is 27.8. The molecule has 0 fully saturated rings. The molecule has 0 unspecified atom stereocenters. The number of nitro groups is 3. The Labute approximate surface area is 138 Å². The summed E-state index contributed by atoms with van der Waals surface area (Å²) in [5.74, 6) is -1.21. The lowest BCUT2D eigenvalue weighted by atomic mass is 10.2. The van der Waals surface area contributed by atoms with Gasteiger partial charge in [0.2, 0.25) is 0 Å². The Morgan fingerprint density at radius 3 is 1.67 bits per heavy atom. The lowest BCUT2D eigenvalue weighted by Crippen LogP contribution is -1.97. The van der Waals surface area contributed by atoms with E-state index in [2.05, 4.69) is 0 Å². The summed E-state index contributed by atoms with van der Waals surface area (Å²) in [7, 11) is 0. The van der Waals surface area contributed by atoms with Gasteiger partial charge in [0, 0.05) is 0 Å². The Morgan fingerprint density at radius 2 is 1.38 bits per heavy atom. The molecule has 2 rings (SSSR count). The number of halogens is 1. The van der Waals surface area contributed by atoms with Crippen LogP contribution in [0, 0.1) is 30.3 Å². The molecule has 0 bridgehead atoms. The van der Waals surface area contributed by atoms with Crippen molar-refractivity contribution in [2.45, 2.75) is 0 Å². The topological polar surface area (TPSA) is 176 Å². The zero-order chi connectivity index (χ0) is 18.4. The van der Waals surface area contributed by atoms with Crippen molar-refractivity contribution < 1.29 is 19.9 Å². The number of phenolic OH excluding ortho intramolecular Hbond substituents is 1. The van der Waals surface area contributed by atoms with E-state index >= 15 is 0 Å². The summed E-state index contributed by atoms with van der Waals surface area (Å²) in [6.45, 7) is 0. The molecular weight excluding hydrogens is 348 g/mol. The molecule has 0 saturated carbocycles. The van der Waals surface area contributed by atoms with Gasteiger partial charge in [0.15, 0.2) is 0 Å². The number of nitrogens with two attached hydrogens (primary N) is 1. The van der Waals surface area contributed by atoms with Crippen LogP contribution >= 0.6 is 11.6 Å². The van der Waals surface area contributed by atoms with Crippen molar-refractivity contribution in [3.63, 3.8) is 0 Å². The van der Waals surface area contributed by atoms with E-state index in [1.54, 1.807) is 12.1 Å². The minimum absolute atomic E-state index is 0.447. The minimum Gasteiger partial charge on any atom is -0.497 e. The second-order valence-electron chi connectivity index (χ2n) is 4.13. The number of nitro benzene ring substituents is 3. The summed E-state index contributed by atoms with van der Waals surface area (Å²) in [5, 5.41) is 40.8. The molecule has 0 aliphatic carbocycles. The number of hydrogen-bond donors (Lipinski definition) is 2. The lowest BCUT2D eigenvalue weighted by Gasteiger charge is -1.97. The molecule has 0 saturated heterocycles. The van der Waals surface area contributed by atoms with E-state index in [9.17, 15) is 30.3 Å². The van der Waals surface area contributed by atoms with E-state index in [-0.39, 0.29) is 0 Å². The SMILES string of the molecule is Nc1ccccc1Cl.O=[N+]([O-])c1cc([N+](=O)[O-])c(O)c([N+](=O)[O-])c1. The first-order valence-corrected chi connectivity index (χ1v) is 6.33. The molecule has 0 amide bonds. The second kappa shape index (κ2) is 7.69. The maximum absolute atomic E-state index is 10.4. The summed E-state index contributed by atoms with van der Waals surface area (Å²) in [5.41, 5.74) is 3.02. The molecule has 0 spiro atoms. The van der Waals surface area contributed by atoms with Gasteiger partial charge in [0.05, 0.1) is 37.6 Å². The number of rotatable bonds is 3. The predicted octanol–water partition coefficient (Wildman–Crippen LogP) is 3.04. The summed E-state index contributed by atoms with van der Waals surface area (Å²) in [6, 6.07) is 8.11. The molecule has 0 aliphatic heterocycles. The highest BCUT2D eigenvalue weighted by atomic mass is 35.5. The fourth-order valence-electron chi connectivity index (χ4n) is 1.45. The van der Waals surface area contributed by atoms with Crippen molar-refractivity contribution in [2.24, 2.45) is 0 Å². The van der Waals surface area contributed by atoms with Gasteiger partial charge in [-0.15, -0.1) is 0 Å². The molecular formula is C12H9ClN4O7. The quantitative estimate of drug-likeness (QED) is 0.478. The maximum atomic E-state index is 10.4. The van der Waals surface area contributed by atoms with Gasteiger partial charge in [-0.05, 0) is 12.1 Å². The van der Waals surface area contributed by atoms with Gasteiger partial charge in [0.25, 0.3) is 11.4 Å². The molecule has 12 heteroatoms. The molecule has 126 valence electrons. The first-order chi connectivity index (χ1) is 11.1. The molecule has 24 heavy (non-hydrogen) atoms. The molecule has 0 radical (unpaired) electrons. The molecule has 2 aromatic rings. The Hall–Kier alpha value is -3.47. The molecule has 0 aromatic heterocycles. The van der Waals surface area contributed by atoms with Crippen molar-refractivity contribution in [2.75, 3.05) is 5.73 Å². The van der Waals surface area contributed by atoms with E-state index in [4.69, 9.17) is 22.4 Å². The van der Waals surface area contributed by atoms with Crippen molar-refractivity contribution in [3.8, 4) is 5.75 Å². The van der Waals surface area contributed by atoms with Gasteiger partial charge in [-0.3, -0.25) is 30.3 Å². The van der Waals surface area contributed by atoms with Crippen LogP contribution in [0.3, 0.4) is 0 Å². The van der Waals surface area contributed by atoms with Crippen LogP contribution in [-0.2, 0) is 0 Å². The first kappa shape index (κ1) is 18.6. The lowest BCUT2D eigenvalue weighted by molar-refractivity contribution is -0.404. The van der Waals surface area contributed by atoms with Gasteiger partial charge in [-0.25, -0.2) is 0 Å². The van der Waals surface area contributed by atoms with Crippen molar-refractivity contribution in [3.05, 3.63) is 71.8 Å². The zero-order valence-electron chi connectivity index (χ0n) is 11.7. The average molecular weight is 357 g/mol. The summed E-state index contributed by atoms with van der Waals surface area (Å²) < 4.78 is 0. The standard InChI is InChI=1S/C6H6ClN.C6H3N3O7/c7-5-3-1-2-4-6(5)8;10-6-4(8(13)14)1-3(7(11)12)2-5(6)9(15)16/h1-4H,8H2;1-2,10H. The maximum Gasteiger partial charge on any atom is 0.324 e. The van der Waals surface area contributed by atoms with Crippen LogP contribution in [-0.4, -0.2) is 19.9 Å². The highest BCUT2D eigenvalue weighted by molar-refractivity contribution is 6.33. The number of anilines is 1. The van der Waals surface area contributed by atoms with E-state index in [1.165, 1.54) is 0 Å². The Morgan fingerprint density at radius 1 is 0.917 bits per heavy atom. The van der Waals surface area contributed by atoms with Crippen molar-refractivity contribution in [1.29, 1.82) is 0 Å². The number of para-hydroxylation sites is 1. The number of benzene rings is 2. The molecule has 2 aromatic carbocycles. The highest BCUT2D eigenvalue weighted by Crippen LogP contribution is 2.38. The third kappa shape index (κ3) is 4.51. The van der Waals surface area contributed by atoms with Gasteiger partial charge < -0.3 is 10.8 Å². The molecule has 0 heterocycles. The van der Waals surface area contributed by atoms with E-state index in [0.717, 1.165) is 0 Å². The number of non-ortho nitro benzene ring substituents is 1. The fourth-order valence-corrected chi connectivity index (χ4v) is 1.58. The van der Waals surface area contributed by atoms with Crippen molar-refractivity contribution in [1.82, 2.24) is 0 Å². The predicted molar refractivity (Wildman–Crippen MR) is 83.9 cm³/mol. The first-order valence-electron chi connectivity index (χ1n) is 5.95. The highest BCUT2D eigenvalue weighted by Gasteiger charge is 2.30. The average Bonchev–Trinajstić information content (AvgIpc) is 2.50. The normalized spacial score (nSPS) is 9.54. The van der Waals surface area contributed by atoms with E-state index in [0.29, 0.717) is 22.8 Å². The molecule has 0 atom stereocenters. The molecule has 0 aliphatic rings. The summed E-state index contributed by atoms with van der Waals surface area (Å²) >= 11 is 5.58. The van der Waals surface area contributed by atoms with Crippen LogP contribution in [0.1, 0.15) is 0 Å². The molecule has 11 nitrogen and oxygen atoms in total. The van der Waals surface area contributed by atoms with Gasteiger partial charge >= 0.3 is 11.4 Å². The number of phenols is 1. The Balaban J connectivity index is 0.000000300. The van der Waals surface area contributed by atoms with E-state index < -0.39 is 37.6 Å². The monoisotopic (exact) mass is 356 g/mol. The number of nitrogen functional groups attached to an aromatic ring is 1. The van der Waals surface area contributed by atoms with Crippen LogP contribution in [0.5, 0.6) is 5.75 Å².